The van der Waals surface area contributed by atoms with Crippen LogP contribution in [0.15, 0.2) is 30.3 Å². The molecule has 5 nitrogen and oxygen atoms in total. The van der Waals surface area contributed by atoms with Gasteiger partial charge in [0.25, 0.3) is 0 Å². The minimum Gasteiger partial charge on any atom is -0.332 e. The molecule has 1 atom stereocenters. The number of carbonyl (C=O) groups is 2. The summed E-state index contributed by atoms with van der Waals surface area (Å²) in [6.07, 6.45) is 0.870. The molecule has 1 aromatic carbocycles. The average Bonchev–Trinajstić information content (AvgIpc) is 2.50. The largest absolute Gasteiger partial charge is 0.332 e. The minimum absolute atomic E-state index is 0.0115. The lowest BCUT2D eigenvalue weighted by Crippen LogP contribution is -2.54. The Morgan fingerprint density at radius 1 is 1.10 bits per heavy atom. The zero-order valence-electron chi connectivity index (χ0n) is 12.5. The Hall–Kier alpha value is -1.88. The summed E-state index contributed by atoms with van der Waals surface area (Å²) < 4.78 is 0. The zero-order chi connectivity index (χ0) is 15.2. The fraction of sp³-hybridized carbons (Fsp3) is 0.500. The molecule has 1 aromatic rings. The van der Waals surface area contributed by atoms with Crippen molar-refractivity contribution < 1.29 is 9.59 Å². The lowest BCUT2D eigenvalue weighted by atomic mass is 9.98. The molecule has 21 heavy (non-hydrogen) atoms. The summed E-state index contributed by atoms with van der Waals surface area (Å²) >= 11 is 0. The van der Waals surface area contributed by atoms with Gasteiger partial charge in [0.2, 0.25) is 11.8 Å². The molecule has 1 saturated heterocycles. The van der Waals surface area contributed by atoms with Gasteiger partial charge in [-0.2, -0.15) is 0 Å². The Balaban J connectivity index is 2.02. The third-order valence-electron chi connectivity index (χ3n) is 3.85. The summed E-state index contributed by atoms with van der Waals surface area (Å²) in [5.74, 6) is 0.110. The molecule has 2 rings (SSSR count). The van der Waals surface area contributed by atoms with Crippen LogP contribution >= 0.6 is 0 Å². The molecule has 1 unspecified atom stereocenters. The molecule has 1 aliphatic rings. The molecule has 2 N–H and O–H groups in total. The van der Waals surface area contributed by atoms with Crippen LogP contribution in [0.5, 0.6) is 0 Å². The van der Waals surface area contributed by atoms with Crippen LogP contribution in [0.3, 0.4) is 0 Å². The Morgan fingerprint density at radius 2 is 1.71 bits per heavy atom. The molecule has 0 aliphatic carbocycles. The molecule has 1 aliphatic heterocycles. The number of carbonyl (C=O) groups excluding carboxylic acids is 2. The molecule has 1 fully saturated rings. The molecule has 2 amide bonds. The lowest BCUT2D eigenvalue weighted by molar-refractivity contribution is -0.150. The van der Waals surface area contributed by atoms with E-state index >= 15 is 0 Å². The zero-order valence-corrected chi connectivity index (χ0v) is 12.5. The standard InChI is InChI=1S/C16H23N3O2/c1-2-8-18-11-16(21)19(12-15(18)20)10-14(9-17)13-6-4-3-5-7-13/h3-7,14H,2,8-12,17H2,1H3. The predicted octanol–water partition coefficient (Wildman–Crippen LogP) is 0.810. The van der Waals surface area contributed by atoms with Gasteiger partial charge in [-0.25, -0.2) is 0 Å². The summed E-state index contributed by atoms with van der Waals surface area (Å²) in [5.41, 5.74) is 6.95. The maximum absolute atomic E-state index is 12.2. The van der Waals surface area contributed by atoms with E-state index in [2.05, 4.69) is 0 Å². The normalized spacial score (nSPS) is 17.2. The second-order valence-electron chi connectivity index (χ2n) is 5.43. The Bertz CT molecular complexity index is 490. The van der Waals surface area contributed by atoms with E-state index in [4.69, 9.17) is 5.73 Å². The third-order valence-corrected chi connectivity index (χ3v) is 3.85. The third kappa shape index (κ3) is 3.82. The van der Waals surface area contributed by atoms with E-state index in [1.165, 1.54) is 0 Å². The first-order valence-electron chi connectivity index (χ1n) is 7.46. The molecule has 0 saturated carbocycles. The number of amides is 2. The van der Waals surface area contributed by atoms with Crippen molar-refractivity contribution in [2.24, 2.45) is 5.73 Å². The van der Waals surface area contributed by atoms with E-state index in [0.29, 0.717) is 19.6 Å². The summed E-state index contributed by atoms with van der Waals surface area (Å²) in [4.78, 5) is 27.5. The van der Waals surface area contributed by atoms with Gasteiger partial charge in [0.1, 0.15) is 0 Å². The Kier molecular flexibility index (Phi) is 5.33. The molecule has 5 heteroatoms. The topological polar surface area (TPSA) is 66.6 Å². The second kappa shape index (κ2) is 7.22. The van der Waals surface area contributed by atoms with Crippen molar-refractivity contribution in [1.29, 1.82) is 0 Å². The maximum Gasteiger partial charge on any atom is 0.242 e. The average molecular weight is 289 g/mol. The van der Waals surface area contributed by atoms with Crippen molar-refractivity contribution in [3.8, 4) is 0 Å². The van der Waals surface area contributed by atoms with Gasteiger partial charge in [0.15, 0.2) is 0 Å². The van der Waals surface area contributed by atoms with Crippen molar-refractivity contribution in [3.63, 3.8) is 0 Å². The molecular formula is C16H23N3O2. The van der Waals surface area contributed by atoms with Crippen molar-refractivity contribution >= 4 is 11.8 Å². The number of rotatable bonds is 6. The van der Waals surface area contributed by atoms with Crippen LogP contribution in [0.4, 0.5) is 0 Å². The van der Waals surface area contributed by atoms with E-state index in [1.54, 1.807) is 9.80 Å². The SMILES string of the molecule is CCCN1CC(=O)N(CC(CN)c2ccccc2)CC1=O. The second-order valence-corrected chi connectivity index (χ2v) is 5.43. The molecule has 114 valence electrons. The highest BCUT2D eigenvalue weighted by atomic mass is 16.2. The number of nitrogens with two attached hydrogens (primary N) is 1. The highest BCUT2D eigenvalue weighted by Gasteiger charge is 2.30. The first kappa shape index (κ1) is 15.5. The van der Waals surface area contributed by atoms with E-state index in [0.717, 1.165) is 12.0 Å². The molecular weight excluding hydrogens is 266 g/mol. The van der Waals surface area contributed by atoms with Crippen molar-refractivity contribution in [1.82, 2.24) is 9.80 Å². The van der Waals surface area contributed by atoms with Crippen molar-refractivity contribution in [2.45, 2.75) is 19.3 Å². The fourth-order valence-electron chi connectivity index (χ4n) is 2.65. The smallest absolute Gasteiger partial charge is 0.242 e. The summed E-state index contributed by atoms with van der Waals surface area (Å²) in [6, 6.07) is 9.90. The molecule has 1 heterocycles. The van der Waals surface area contributed by atoms with Gasteiger partial charge in [0.05, 0.1) is 13.1 Å². The van der Waals surface area contributed by atoms with Crippen molar-refractivity contribution in [3.05, 3.63) is 35.9 Å². The summed E-state index contributed by atoms with van der Waals surface area (Å²) in [6.45, 7) is 3.98. The van der Waals surface area contributed by atoms with Crippen LogP contribution in [0, 0.1) is 0 Å². The van der Waals surface area contributed by atoms with Crippen molar-refractivity contribution in [2.75, 3.05) is 32.7 Å². The molecule has 0 aromatic heterocycles. The number of nitrogens with zero attached hydrogens (tertiary/aromatic N) is 2. The molecule has 0 radical (unpaired) electrons. The first-order chi connectivity index (χ1) is 10.2. The Labute approximate surface area is 125 Å². The van der Waals surface area contributed by atoms with Crippen LogP contribution in [-0.2, 0) is 9.59 Å². The lowest BCUT2D eigenvalue weighted by Gasteiger charge is -2.35. The van der Waals surface area contributed by atoms with Gasteiger partial charge in [-0.15, -0.1) is 0 Å². The number of piperazine rings is 1. The predicted molar refractivity (Wildman–Crippen MR) is 81.7 cm³/mol. The quantitative estimate of drug-likeness (QED) is 0.843. The molecule has 0 bridgehead atoms. The maximum atomic E-state index is 12.2. The fourth-order valence-corrected chi connectivity index (χ4v) is 2.65. The summed E-state index contributed by atoms with van der Waals surface area (Å²) in [5, 5.41) is 0. The van der Waals surface area contributed by atoms with Gasteiger partial charge in [-0.3, -0.25) is 9.59 Å². The molecule has 0 spiro atoms. The van der Waals surface area contributed by atoms with Crippen LogP contribution in [0.25, 0.3) is 0 Å². The van der Waals surface area contributed by atoms with Crippen LogP contribution in [0.2, 0.25) is 0 Å². The number of hydrogen-bond donors (Lipinski definition) is 1. The van der Waals surface area contributed by atoms with E-state index in [-0.39, 0.29) is 30.8 Å². The van der Waals surface area contributed by atoms with Gasteiger partial charge < -0.3 is 15.5 Å². The number of benzene rings is 1. The highest BCUT2D eigenvalue weighted by molar-refractivity contribution is 5.92. The monoisotopic (exact) mass is 289 g/mol. The van der Waals surface area contributed by atoms with Gasteiger partial charge in [-0.05, 0) is 12.0 Å². The first-order valence-corrected chi connectivity index (χ1v) is 7.46. The van der Waals surface area contributed by atoms with E-state index in [1.807, 2.05) is 37.3 Å². The summed E-state index contributed by atoms with van der Waals surface area (Å²) in [7, 11) is 0. The van der Waals surface area contributed by atoms with E-state index in [9.17, 15) is 9.59 Å². The number of hydrogen-bond acceptors (Lipinski definition) is 3. The Morgan fingerprint density at radius 3 is 2.33 bits per heavy atom. The van der Waals surface area contributed by atoms with Crippen LogP contribution < -0.4 is 5.73 Å². The van der Waals surface area contributed by atoms with Gasteiger partial charge in [0, 0.05) is 25.6 Å². The van der Waals surface area contributed by atoms with Gasteiger partial charge in [-0.1, -0.05) is 37.3 Å². The van der Waals surface area contributed by atoms with Gasteiger partial charge >= 0.3 is 0 Å². The van der Waals surface area contributed by atoms with E-state index < -0.39 is 0 Å². The van der Waals surface area contributed by atoms with Crippen LogP contribution in [-0.4, -0.2) is 54.3 Å². The minimum atomic E-state index is 0.0115. The van der Waals surface area contributed by atoms with Crippen LogP contribution in [0.1, 0.15) is 24.8 Å². The highest BCUT2D eigenvalue weighted by Crippen LogP contribution is 2.17.